The number of rotatable bonds is 9. The quantitative estimate of drug-likeness (QED) is 0.308. The first-order valence-corrected chi connectivity index (χ1v) is 13.7. The Morgan fingerprint density at radius 1 is 1.33 bits per heavy atom. The molecule has 0 unspecified atom stereocenters. The fraction of sp³-hybridized carbons (Fsp3) is 0.440. The molecule has 1 N–H and O–H groups in total. The van der Waals surface area contributed by atoms with Crippen molar-refractivity contribution in [2.75, 3.05) is 13.7 Å². The predicted molar refractivity (Wildman–Crippen MR) is 138 cm³/mol. The van der Waals surface area contributed by atoms with E-state index in [1.165, 1.54) is 28.3 Å². The summed E-state index contributed by atoms with van der Waals surface area (Å²) in [6.07, 6.45) is 3.06. The molecular weight excluding hydrogens is 501 g/mol. The number of aryl methyl sites for hydroxylation is 1. The zero-order valence-electron chi connectivity index (χ0n) is 20.4. The lowest BCUT2D eigenvalue weighted by molar-refractivity contribution is 0.154. The molecule has 4 aromatic rings. The molecule has 3 aromatic heterocycles. The first-order chi connectivity index (χ1) is 17.4. The van der Waals surface area contributed by atoms with Crippen molar-refractivity contribution in [3.8, 4) is 5.75 Å². The summed E-state index contributed by atoms with van der Waals surface area (Å²) in [5.74, 6) is 1.94. The molecule has 0 bridgehead atoms. The van der Waals surface area contributed by atoms with Crippen LogP contribution in [0.15, 0.2) is 34.2 Å². The average molecular weight is 530 g/mol. The topological polar surface area (TPSA) is 94.9 Å². The van der Waals surface area contributed by atoms with Crippen LogP contribution in [0.3, 0.4) is 0 Å². The molecule has 1 aliphatic rings. The van der Waals surface area contributed by atoms with Crippen LogP contribution in [0.4, 0.5) is 4.39 Å². The second kappa shape index (κ2) is 10.7. The first kappa shape index (κ1) is 24.9. The Kier molecular flexibility index (Phi) is 7.40. The van der Waals surface area contributed by atoms with Gasteiger partial charge in [-0.2, -0.15) is 0 Å². The Morgan fingerprint density at radius 3 is 2.97 bits per heavy atom. The number of para-hydroxylation sites is 1. The summed E-state index contributed by atoms with van der Waals surface area (Å²) in [5.41, 5.74) is 1.10. The highest BCUT2D eigenvalue weighted by Crippen LogP contribution is 2.36. The molecule has 0 spiro atoms. The van der Waals surface area contributed by atoms with Gasteiger partial charge in [-0.1, -0.05) is 30.8 Å². The van der Waals surface area contributed by atoms with Crippen LogP contribution in [0.25, 0.3) is 10.2 Å². The SMILES string of the molecule is COC[C@H](C)n1c(COc2ccccc2F)nnc1SCc1nc2sc3c(c2c(=O)[nH]1)CC[C@H](C)C3. The molecule has 11 heteroatoms. The highest BCUT2D eigenvalue weighted by molar-refractivity contribution is 7.98. The predicted octanol–water partition coefficient (Wildman–Crippen LogP) is 4.92. The number of hydrogen-bond donors (Lipinski definition) is 1. The molecule has 0 saturated carbocycles. The number of ether oxygens (including phenoxy) is 2. The van der Waals surface area contributed by atoms with Gasteiger partial charge in [-0.3, -0.25) is 9.36 Å². The molecular formula is C25H28FN5O3S2. The van der Waals surface area contributed by atoms with Crippen LogP contribution in [-0.2, 0) is 29.9 Å². The number of aromatic nitrogens is 5. The maximum atomic E-state index is 14.0. The maximum Gasteiger partial charge on any atom is 0.259 e. The van der Waals surface area contributed by atoms with E-state index in [1.807, 2.05) is 11.5 Å². The Morgan fingerprint density at radius 2 is 2.17 bits per heavy atom. The number of methoxy groups -OCH3 is 1. The third kappa shape index (κ3) is 5.05. The lowest BCUT2D eigenvalue weighted by atomic mass is 9.89. The lowest BCUT2D eigenvalue weighted by Crippen LogP contribution is -2.17. The Hall–Kier alpha value is -2.76. The van der Waals surface area contributed by atoms with Crippen LogP contribution in [-0.4, -0.2) is 38.4 Å². The van der Waals surface area contributed by atoms with Crippen molar-refractivity contribution in [2.24, 2.45) is 5.92 Å². The lowest BCUT2D eigenvalue weighted by Gasteiger charge is -2.17. The number of H-pyrrole nitrogens is 1. The minimum atomic E-state index is -0.432. The molecule has 2 atom stereocenters. The standard InChI is InChI=1S/C25H28FN5O3S2/c1-14-8-9-16-19(10-14)36-24-22(16)23(32)27-20(28-24)13-35-25-30-29-21(31(25)15(2)11-33-3)12-34-18-7-5-4-6-17(18)26/h4-7,14-15H,8-13H2,1-3H3,(H,27,28,32)/t14-,15-/m0/s1. The van der Waals surface area contributed by atoms with Gasteiger partial charge in [0.05, 0.1) is 23.8 Å². The Labute approximate surface area is 216 Å². The summed E-state index contributed by atoms with van der Waals surface area (Å²) < 4.78 is 26.9. The van der Waals surface area contributed by atoms with Gasteiger partial charge in [-0.25, -0.2) is 9.37 Å². The number of hydrogen-bond acceptors (Lipinski definition) is 8. The minimum absolute atomic E-state index is 0.0583. The van der Waals surface area contributed by atoms with Gasteiger partial charge in [0.1, 0.15) is 17.3 Å². The number of halogens is 1. The zero-order valence-corrected chi connectivity index (χ0v) is 22.0. The van der Waals surface area contributed by atoms with Crippen molar-refractivity contribution in [3.05, 3.63) is 62.5 Å². The van der Waals surface area contributed by atoms with Crippen LogP contribution in [0.2, 0.25) is 0 Å². The van der Waals surface area contributed by atoms with E-state index in [0.29, 0.717) is 35.1 Å². The molecule has 36 heavy (non-hydrogen) atoms. The van der Waals surface area contributed by atoms with Crippen molar-refractivity contribution in [3.63, 3.8) is 0 Å². The molecule has 0 amide bonds. The largest absolute Gasteiger partial charge is 0.483 e. The minimum Gasteiger partial charge on any atom is -0.483 e. The molecule has 0 radical (unpaired) electrons. The summed E-state index contributed by atoms with van der Waals surface area (Å²) in [7, 11) is 1.63. The van der Waals surface area contributed by atoms with Crippen molar-refractivity contribution >= 4 is 33.3 Å². The third-order valence-electron chi connectivity index (χ3n) is 6.33. The van der Waals surface area contributed by atoms with E-state index in [9.17, 15) is 9.18 Å². The van der Waals surface area contributed by atoms with Gasteiger partial charge in [0, 0.05) is 12.0 Å². The zero-order chi connectivity index (χ0) is 25.2. The fourth-order valence-corrected chi connectivity index (χ4v) is 6.89. The van der Waals surface area contributed by atoms with Gasteiger partial charge in [-0.15, -0.1) is 21.5 Å². The maximum absolute atomic E-state index is 14.0. The number of fused-ring (bicyclic) bond motifs is 3. The summed E-state index contributed by atoms with van der Waals surface area (Å²) in [6, 6.07) is 6.18. The normalized spacial score (nSPS) is 16.3. The van der Waals surface area contributed by atoms with Crippen molar-refractivity contribution in [1.82, 2.24) is 24.7 Å². The van der Waals surface area contributed by atoms with E-state index in [1.54, 1.807) is 36.6 Å². The first-order valence-electron chi connectivity index (χ1n) is 11.9. The highest BCUT2D eigenvalue weighted by Gasteiger charge is 2.24. The van der Waals surface area contributed by atoms with Crippen molar-refractivity contribution in [2.45, 2.75) is 56.7 Å². The number of thiophene rings is 1. The fourth-order valence-electron chi connectivity index (χ4n) is 4.56. The van der Waals surface area contributed by atoms with Crippen LogP contribution >= 0.6 is 23.1 Å². The van der Waals surface area contributed by atoms with Crippen LogP contribution < -0.4 is 10.3 Å². The van der Waals surface area contributed by atoms with Crippen LogP contribution in [0.5, 0.6) is 5.75 Å². The van der Waals surface area contributed by atoms with Gasteiger partial charge >= 0.3 is 0 Å². The highest BCUT2D eigenvalue weighted by atomic mass is 32.2. The number of nitrogens with zero attached hydrogens (tertiary/aromatic N) is 4. The molecule has 1 aliphatic carbocycles. The van der Waals surface area contributed by atoms with Gasteiger partial charge in [0.25, 0.3) is 5.56 Å². The summed E-state index contributed by atoms with van der Waals surface area (Å²) in [5, 5.41) is 10.0. The second-order valence-corrected chi connectivity index (χ2v) is 11.2. The van der Waals surface area contributed by atoms with Gasteiger partial charge < -0.3 is 14.5 Å². The monoisotopic (exact) mass is 529 g/mol. The molecule has 190 valence electrons. The molecule has 1 aromatic carbocycles. The van der Waals surface area contributed by atoms with E-state index in [2.05, 4.69) is 22.1 Å². The van der Waals surface area contributed by atoms with Crippen LogP contribution in [0, 0.1) is 11.7 Å². The number of benzene rings is 1. The second-order valence-electron chi connectivity index (χ2n) is 9.13. The Bertz CT molecular complexity index is 1430. The summed E-state index contributed by atoms with van der Waals surface area (Å²) in [4.78, 5) is 22.8. The molecule has 0 fully saturated rings. The molecule has 0 aliphatic heterocycles. The van der Waals surface area contributed by atoms with E-state index in [0.717, 1.165) is 29.5 Å². The van der Waals surface area contributed by atoms with E-state index in [-0.39, 0.29) is 24.0 Å². The van der Waals surface area contributed by atoms with E-state index < -0.39 is 5.82 Å². The van der Waals surface area contributed by atoms with Crippen molar-refractivity contribution < 1.29 is 13.9 Å². The smallest absolute Gasteiger partial charge is 0.259 e. The molecule has 5 rings (SSSR count). The van der Waals surface area contributed by atoms with Crippen LogP contribution in [0.1, 0.15) is 48.4 Å². The Balaban J connectivity index is 1.37. The number of nitrogens with one attached hydrogen (secondary N) is 1. The third-order valence-corrected chi connectivity index (χ3v) is 8.43. The summed E-state index contributed by atoms with van der Waals surface area (Å²) in [6.45, 7) is 4.75. The average Bonchev–Trinajstić information content (AvgIpc) is 3.43. The number of thioether (sulfide) groups is 1. The molecule has 0 saturated heterocycles. The molecule has 8 nitrogen and oxygen atoms in total. The summed E-state index contributed by atoms with van der Waals surface area (Å²) >= 11 is 3.07. The van der Waals surface area contributed by atoms with Gasteiger partial charge in [0.2, 0.25) is 0 Å². The van der Waals surface area contributed by atoms with Gasteiger partial charge in [-0.05, 0) is 49.8 Å². The van der Waals surface area contributed by atoms with Gasteiger partial charge in [0.15, 0.2) is 22.5 Å². The van der Waals surface area contributed by atoms with E-state index in [4.69, 9.17) is 14.5 Å². The van der Waals surface area contributed by atoms with Crippen molar-refractivity contribution in [1.29, 1.82) is 0 Å². The molecule has 3 heterocycles. The van der Waals surface area contributed by atoms with E-state index >= 15 is 0 Å². The number of aromatic amines is 1.